The molecule has 14 heavy (non-hydrogen) atoms. The molecule has 2 N–H and O–H groups in total. The third-order valence-electron chi connectivity index (χ3n) is 1.97. The van der Waals surface area contributed by atoms with Crippen LogP contribution in [0.15, 0.2) is 6.07 Å². The third kappa shape index (κ3) is 1.81. The normalized spacial score (nSPS) is 12.9. The average molecular weight is 223 g/mol. The predicted octanol–water partition coefficient (Wildman–Crippen LogP) is 2.42. The summed E-state index contributed by atoms with van der Waals surface area (Å²) in [6, 6.07) is 1.11. The summed E-state index contributed by atoms with van der Waals surface area (Å²) in [6.07, 6.45) is 0. The zero-order valence-electron chi connectivity index (χ0n) is 7.39. The molecule has 0 amide bonds. The molecule has 0 radical (unpaired) electrons. The molecule has 5 heteroatoms. The van der Waals surface area contributed by atoms with Gasteiger partial charge in [0, 0.05) is 12.5 Å². The maximum absolute atomic E-state index is 13.2. The number of phenols is 1. The van der Waals surface area contributed by atoms with Crippen molar-refractivity contribution in [1.29, 1.82) is 0 Å². The fourth-order valence-electron chi connectivity index (χ4n) is 1.06. The average Bonchev–Trinajstić information content (AvgIpc) is 2.19. The van der Waals surface area contributed by atoms with Gasteiger partial charge in [-0.1, -0.05) is 18.5 Å². The summed E-state index contributed by atoms with van der Waals surface area (Å²) in [5, 5.41) is 17.5. The molecule has 0 fully saturated rings. The predicted molar refractivity (Wildman–Crippen MR) is 48.5 cm³/mol. The minimum atomic E-state index is -1.38. The summed E-state index contributed by atoms with van der Waals surface area (Å²) < 4.78 is 26.1. The number of halogens is 3. The lowest BCUT2D eigenvalue weighted by Crippen LogP contribution is -2.04. The molecule has 1 aromatic carbocycles. The molecule has 0 aromatic heterocycles. The Morgan fingerprint density at radius 1 is 1.43 bits per heavy atom. The summed E-state index contributed by atoms with van der Waals surface area (Å²) in [5.41, 5.74) is -0.0483. The summed E-state index contributed by atoms with van der Waals surface area (Å²) in [4.78, 5) is 0. The molecule has 0 heterocycles. The zero-order valence-corrected chi connectivity index (χ0v) is 8.15. The van der Waals surface area contributed by atoms with Gasteiger partial charge in [0.15, 0.2) is 11.6 Å². The van der Waals surface area contributed by atoms with Crippen molar-refractivity contribution in [2.24, 2.45) is 0 Å². The molecule has 1 aromatic rings. The summed E-state index contributed by atoms with van der Waals surface area (Å²) >= 11 is 5.45. The first kappa shape index (κ1) is 11.2. The Morgan fingerprint density at radius 2 is 2.00 bits per heavy atom. The van der Waals surface area contributed by atoms with Gasteiger partial charge in [0.25, 0.3) is 0 Å². The van der Waals surface area contributed by atoms with E-state index in [2.05, 4.69) is 0 Å². The van der Waals surface area contributed by atoms with Crippen LogP contribution in [-0.2, 0) is 0 Å². The fourth-order valence-corrected chi connectivity index (χ4v) is 1.26. The highest BCUT2D eigenvalue weighted by Gasteiger charge is 2.20. The van der Waals surface area contributed by atoms with Gasteiger partial charge in [-0.05, 0) is 11.6 Å². The van der Waals surface area contributed by atoms with E-state index in [1.807, 2.05) is 0 Å². The third-order valence-corrected chi connectivity index (χ3v) is 2.26. The smallest absolute Gasteiger partial charge is 0.202 e. The summed E-state index contributed by atoms with van der Waals surface area (Å²) in [5.74, 6) is -4.03. The molecule has 0 aliphatic heterocycles. The van der Waals surface area contributed by atoms with Crippen LogP contribution in [0, 0.1) is 11.6 Å². The molecule has 78 valence electrons. The number of aliphatic hydroxyl groups excluding tert-OH is 1. The summed E-state index contributed by atoms with van der Waals surface area (Å²) in [7, 11) is 0. The van der Waals surface area contributed by atoms with Crippen molar-refractivity contribution in [3.63, 3.8) is 0 Å². The molecule has 2 nitrogen and oxygen atoms in total. The minimum Gasteiger partial charge on any atom is -0.504 e. The number of phenolic OH excluding ortho intramolecular Hbond substituents is 1. The van der Waals surface area contributed by atoms with Gasteiger partial charge >= 0.3 is 0 Å². The number of hydrogen-bond acceptors (Lipinski definition) is 2. The lowest BCUT2D eigenvalue weighted by molar-refractivity contribution is 0.269. The first-order valence-electron chi connectivity index (χ1n) is 3.96. The lowest BCUT2D eigenvalue weighted by atomic mass is 10.0. The Hall–Kier alpha value is -0.870. The van der Waals surface area contributed by atoms with Crippen molar-refractivity contribution in [3.05, 3.63) is 28.3 Å². The van der Waals surface area contributed by atoms with Gasteiger partial charge in [-0.3, -0.25) is 0 Å². The molecule has 1 unspecified atom stereocenters. The number of aliphatic hydroxyl groups is 1. The van der Waals surface area contributed by atoms with Crippen LogP contribution in [0.1, 0.15) is 18.4 Å². The highest BCUT2D eigenvalue weighted by atomic mass is 35.5. The number of rotatable bonds is 2. The van der Waals surface area contributed by atoms with Crippen LogP contribution in [0.3, 0.4) is 0 Å². The van der Waals surface area contributed by atoms with Crippen LogP contribution in [0.2, 0.25) is 5.02 Å². The van der Waals surface area contributed by atoms with Crippen LogP contribution in [-0.4, -0.2) is 16.8 Å². The fraction of sp³-hybridized carbons (Fsp3) is 0.333. The van der Waals surface area contributed by atoms with Crippen LogP contribution in [0.4, 0.5) is 8.78 Å². The molecule has 1 rings (SSSR count). The summed E-state index contributed by atoms with van der Waals surface area (Å²) in [6.45, 7) is 1.20. The largest absolute Gasteiger partial charge is 0.504 e. The second kappa shape index (κ2) is 4.11. The van der Waals surface area contributed by atoms with Crippen molar-refractivity contribution in [2.75, 3.05) is 6.61 Å². The molecule has 0 saturated heterocycles. The van der Waals surface area contributed by atoms with E-state index in [9.17, 15) is 8.78 Å². The molecule has 0 bridgehead atoms. The van der Waals surface area contributed by atoms with E-state index in [1.54, 1.807) is 0 Å². The molecular formula is C9H9ClF2O2. The minimum absolute atomic E-state index is 0.0483. The first-order chi connectivity index (χ1) is 6.49. The van der Waals surface area contributed by atoms with Crippen molar-refractivity contribution in [3.8, 4) is 5.75 Å². The van der Waals surface area contributed by atoms with E-state index in [0.29, 0.717) is 0 Å². The van der Waals surface area contributed by atoms with Gasteiger partial charge in [-0.15, -0.1) is 0 Å². The number of aromatic hydroxyl groups is 1. The maximum Gasteiger partial charge on any atom is 0.202 e. The molecule has 0 aliphatic rings. The van der Waals surface area contributed by atoms with Crippen molar-refractivity contribution >= 4 is 11.6 Å². The quantitative estimate of drug-likeness (QED) is 0.755. The van der Waals surface area contributed by atoms with E-state index in [1.165, 1.54) is 6.92 Å². The Balaban J connectivity index is 3.33. The second-order valence-electron chi connectivity index (χ2n) is 3.01. The van der Waals surface area contributed by atoms with Gasteiger partial charge in [0.2, 0.25) is 5.82 Å². The molecule has 0 aliphatic carbocycles. The van der Waals surface area contributed by atoms with Crippen molar-refractivity contribution in [2.45, 2.75) is 12.8 Å². The maximum atomic E-state index is 13.2. The lowest BCUT2D eigenvalue weighted by Gasteiger charge is -2.11. The van der Waals surface area contributed by atoms with E-state index in [-0.39, 0.29) is 17.2 Å². The van der Waals surface area contributed by atoms with Gasteiger partial charge in [0.1, 0.15) is 0 Å². The van der Waals surface area contributed by atoms with Crippen molar-refractivity contribution in [1.82, 2.24) is 0 Å². The Morgan fingerprint density at radius 3 is 2.50 bits per heavy atom. The Labute approximate surface area is 84.7 Å². The molecular weight excluding hydrogens is 214 g/mol. The number of hydrogen-bond donors (Lipinski definition) is 2. The van der Waals surface area contributed by atoms with Crippen LogP contribution in [0.25, 0.3) is 0 Å². The Kier molecular flexibility index (Phi) is 3.29. The van der Waals surface area contributed by atoms with Crippen LogP contribution >= 0.6 is 11.6 Å². The van der Waals surface area contributed by atoms with Gasteiger partial charge < -0.3 is 10.2 Å². The van der Waals surface area contributed by atoms with E-state index in [0.717, 1.165) is 6.07 Å². The van der Waals surface area contributed by atoms with E-state index in [4.69, 9.17) is 21.8 Å². The molecule has 0 saturated carbocycles. The number of benzene rings is 1. The van der Waals surface area contributed by atoms with Crippen LogP contribution in [0.5, 0.6) is 5.75 Å². The van der Waals surface area contributed by atoms with Crippen molar-refractivity contribution < 1.29 is 19.0 Å². The van der Waals surface area contributed by atoms with Gasteiger partial charge in [-0.25, -0.2) is 4.39 Å². The van der Waals surface area contributed by atoms with Gasteiger partial charge in [0.05, 0.1) is 5.02 Å². The second-order valence-corrected chi connectivity index (χ2v) is 3.42. The highest BCUT2D eigenvalue weighted by Crippen LogP contribution is 2.33. The molecule has 0 spiro atoms. The topological polar surface area (TPSA) is 40.5 Å². The zero-order chi connectivity index (χ0) is 10.9. The molecule has 1 atom stereocenters. The highest BCUT2D eigenvalue weighted by molar-refractivity contribution is 6.32. The van der Waals surface area contributed by atoms with E-state index >= 15 is 0 Å². The monoisotopic (exact) mass is 222 g/mol. The first-order valence-corrected chi connectivity index (χ1v) is 4.34. The van der Waals surface area contributed by atoms with Gasteiger partial charge in [-0.2, -0.15) is 4.39 Å². The Bertz CT molecular complexity index is 355. The van der Waals surface area contributed by atoms with E-state index < -0.39 is 23.3 Å². The SMILES string of the molecule is CC(CO)c1cc(Cl)c(O)c(F)c1F. The van der Waals surface area contributed by atoms with Crippen LogP contribution < -0.4 is 0 Å². The standard InChI is InChI=1S/C9H9ClF2O2/c1-4(3-13)5-2-6(10)9(14)8(12)7(5)11/h2,4,13-14H,3H2,1H3.